The summed E-state index contributed by atoms with van der Waals surface area (Å²) in [6.07, 6.45) is 15.6. The van der Waals surface area contributed by atoms with E-state index < -0.39 is 0 Å². The van der Waals surface area contributed by atoms with Gasteiger partial charge in [0.05, 0.1) is 26.4 Å². The van der Waals surface area contributed by atoms with Crippen LogP contribution in [0, 0.1) is 0 Å². The van der Waals surface area contributed by atoms with Gasteiger partial charge in [0, 0.05) is 13.1 Å². The second-order valence-electron chi connectivity index (χ2n) is 12.0. The van der Waals surface area contributed by atoms with E-state index in [0.717, 1.165) is 26.3 Å². The molecule has 0 radical (unpaired) electrons. The quantitative estimate of drug-likeness (QED) is 0.0982. The van der Waals surface area contributed by atoms with Gasteiger partial charge in [0.2, 0.25) is 0 Å². The van der Waals surface area contributed by atoms with Crippen molar-refractivity contribution in [3.8, 4) is 11.1 Å². The van der Waals surface area contributed by atoms with E-state index in [0.29, 0.717) is 13.2 Å². The summed E-state index contributed by atoms with van der Waals surface area (Å²) in [5.41, 5.74) is 4.97. The highest BCUT2D eigenvalue weighted by atomic mass is 16.5. The fourth-order valence-electron chi connectivity index (χ4n) is 5.41. The standard InChI is InChI=1S/C38H64N2O2/c1-5-9-13-15-25-39(23-11-7-3)27-29-41-33-35-19-17-21-37(31-35)38-22-18-20-36(32-38)34-42-30-28-40(24-12-8-4)26-16-14-10-6-2/h17-22,31-32H,5-16,23-30,33-34H2,1-4H3. The van der Waals surface area contributed by atoms with Crippen LogP contribution in [0.1, 0.15) is 116 Å². The third-order valence-electron chi connectivity index (χ3n) is 8.14. The molecule has 0 heterocycles. The largest absolute Gasteiger partial charge is 0.375 e. The van der Waals surface area contributed by atoms with E-state index in [9.17, 15) is 0 Å². The Bertz CT molecular complexity index is 829. The van der Waals surface area contributed by atoms with Gasteiger partial charge in [0.25, 0.3) is 0 Å². The molecule has 0 N–H and O–H groups in total. The zero-order valence-corrected chi connectivity index (χ0v) is 27.9. The van der Waals surface area contributed by atoms with E-state index in [2.05, 4.69) is 86.0 Å². The predicted octanol–water partition coefficient (Wildman–Crippen LogP) is 9.75. The topological polar surface area (TPSA) is 24.9 Å². The first-order valence-corrected chi connectivity index (χ1v) is 17.5. The first-order valence-electron chi connectivity index (χ1n) is 17.5. The fraction of sp³-hybridized carbons (Fsp3) is 0.684. The zero-order valence-electron chi connectivity index (χ0n) is 27.9. The van der Waals surface area contributed by atoms with E-state index in [1.807, 2.05) is 0 Å². The Labute approximate surface area is 260 Å². The average Bonchev–Trinajstić information content (AvgIpc) is 3.02. The summed E-state index contributed by atoms with van der Waals surface area (Å²) in [6, 6.07) is 17.7. The number of rotatable bonds is 27. The third kappa shape index (κ3) is 16.8. The summed E-state index contributed by atoms with van der Waals surface area (Å²) < 4.78 is 12.3. The van der Waals surface area contributed by atoms with Gasteiger partial charge in [-0.3, -0.25) is 0 Å². The molecule has 0 aromatic heterocycles. The van der Waals surface area contributed by atoms with Gasteiger partial charge in [-0.05, 0) is 86.2 Å². The average molecular weight is 581 g/mol. The normalized spacial score (nSPS) is 11.7. The second kappa shape index (κ2) is 24.7. The van der Waals surface area contributed by atoms with Gasteiger partial charge >= 0.3 is 0 Å². The van der Waals surface area contributed by atoms with E-state index in [1.54, 1.807) is 0 Å². The zero-order chi connectivity index (χ0) is 30.1. The number of ether oxygens (including phenoxy) is 2. The van der Waals surface area contributed by atoms with Crippen molar-refractivity contribution in [3.05, 3.63) is 59.7 Å². The first kappa shape index (κ1) is 36.5. The Morgan fingerprint density at radius 1 is 0.452 bits per heavy atom. The highest BCUT2D eigenvalue weighted by molar-refractivity contribution is 5.64. The van der Waals surface area contributed by atoms with Gasteiger partial charge in [-0.1, -0.05) is 115 Å². The van der Waals surface area contributed by atoms with Crippen molar-refractivity contribution < 1.29 is 9.47 Å². The molecular weight excluding hydrogens is 516 g/mol. The predicted molar refractivity (Wildman–Crippen MR) is 182 cm³/mol. The van der Waals surface area contributed by atoms with Crippen LogP contribution in [-0.2, 0) is 22.7 Å². The molecule has 4 heteroatoms. The van der Waals surface area contributed by atoms with Crippen molar-refractivity contribution in [3.63, 3.8) is 0 Å². The Kier molecular flexibility index (Phi) is 21.4. The summed E-state index contributed by atoms with van der Waals surface area (Å²) in [7, 11) is 0. The molecule has 2 rings (SSSR count). The molecule has 0 aliphatic carbocycles. The molecule has 0 bridgehead atoms. The molecule has 0 aliphatic heterocycles. The number of hydrogen-bond acceptors (Lipinski definition) is 4. The molecule has 0 amide bonds. The first-order chi connectivity index (χ1) is 20.7. The summed E-state index contributed by atoms with van der Waals surface area (Å²) >= 11 is 0. The highest BCUT2D eigenvalue weighted by Gasteiger charge is 2.07. The molecule has 0 aliphatic rings. The van der Waals surface area contributed by atoms with Crippen LogP contribution in [-0.4, -0.2) is 62.3 Å². The molecule has 4 nitrogen and oxygen atoms in total. The van der Waals surface area contributed by atoms with Crippen molar-refractivity contribution in [1.29, 1.82) is 0 Å². The third-order valence-corrected chi connectivity index (χ3v) is 8.14. The van der Waals surface area contributed by atoms with Crippen LogP contribution in [0.15, 0.2) is 48.5 Å². The van der Waals surface area contributed by atoms with Crippen molar-refractivity contribution >= 4 is 0 Å². The molecule has 0 saturated heterocycles. The van der Waals surface area contributed by atoms with Crippen molar-refractivity contribution in [1.82, 2.24) is 9.80 Å². The summed E-state index contributed by atoms with van der Waals surface area (Å²) in [4.78, 5) is 5.19. The van der Waals surface area contributed by atoms with Crippen LogP contribution >= 0.6 is 0 Å². The Morgan fingerprint density at radius 3 is 1.26 bits per heavy atom. The van der Waals surface area contributed by atoms with Crippen molar-refractivity contribution in [2.75, 3.05) is 52.5 Å². The molecule has 2 aromatic rings. The second-order valence-corrected chi connectivity index (χ2v) is 12.0. The summed E-state index contributed by atoms with van der Waals surface area (Å²) in [6.45, 7) is 18.9. The van der Waals surface area contributed by atoms with E-state index in [4.69, 9.17) is 9.47 Å². The van der Waals surface area contributed by atoms with Crippen LogP contribution < -0.4 is 0 Å². The van der Waals surface area contributed by atoms with Gasteiger partial charge in [0.15, 0.2) is 0 Å². The smallest absolute Gasteiger partial charge is 0.0717 e. The Morgan fingerprint density at radius 2 is 0.857 bits per heavy atom. The van der Waals surface area contributed by atoms with Crippen LogP contribution in [0.3, 0.4) is 0 Å². The molecule has 2 aromatic carbocycles. The fourth-order valence-corrected chi connectivity index (χ4v) is 5.41. The lowest BCUT2D eigenvalue weighted by Gasteiger charge is -2.22. The Balaban J connectivity index is 1.79. The molecule has 0 spiro atoms. The molecule has 238 valence electrons. The minimum absolute atomic E-state index is 0.668. The lowest BCUT2D eigenvalue weighted by molar-refractivity contribution is 0.0913. The number of benzene rings is 2. The Hall–Kier alpha value is -1.72. The molecule has 0 fully saturated rings. The monoisotopic (exact) mass is 580 g/mol. The number of hydrogen-bond donors (Lipinski definition) is 0. The maximum atomic E-state index is 6.15. The van der Waals surface area contributed by atoms with Crippen LogP contribution in [0.4, 0.5) is 0 Å². The highest BCUT2D eigenvalue weighted by Crippen LogP contribution is 2.22. The van der Waals surface area contributed by atoms with E-state index in [-0.39, 0.29) is 0 Å². The van der Waals surface area contributed by atoms with E-state index >= 15 is 0 Å². The van der Waals surface area contributed by atoms with Gasteiger partial charge in [-0.15, -0.1) is 0 Å². The lowest BCUT2D eigenvalue weighted by Crippen LogP contribution is -2.29. The van der Waals surface area contributed by atoms with Crippen LogP contribution in [0.5, 0.6) is 0 Å². The van der Waals surface area contributed by atoms with Gasteiger partial charge in [0.1, 0.15) is 0 Å². The number of unbranched alkanes of at least 4 members (excludes halogenated alkanes) is 8. The maximum Gasteiger partial charge on any atom is 0.0717 e. The van der Waals surface area contributed by atoms with Gasteiger partial charge < -0.3 is 19.3 Å². The summed E-state index contributed by atoms with van der Waals surface area (Å²) in [5.74, 6) is 0. The molecule has 42 heavy (non-hydrogen) atoms. The van der Waals surface area contributed by atoms with Crippen molar-refractivity contribution in [2.24, 2.45) is 0 Å². The van der Waals surface area contributed by atoms with Gasteiger partial charge in [-0.2, -0.15) is 0 Å². The van der Waals surface area contributed by atoms with E-state index in [1.165, 1.54) is 125 Å². The molecular formula is C38H64N2O2. The minimum Gasteiger partial charge on any atom is -0.375 e. The molecule has 0 atom stereocenters. The minimum atomic E-state index is 0.668. The van der Waals surface area contributed by atoms with Gasteiger partial charge in [-0.25, -0.2) is 0 Å². The van der Waals surface area contributed by atoms with Crippen LogP contribution in [0.2, 0.25) is 0 Å². The van der Waals surface area contributed by atoms with Crippen LogP contribution in [0.25, 0.3) is 11.1 Å². The maximum absolute atomic E-state index is 6.15. The SMILES string of the molecule is CCCCCCN(CCCC)CCOCc1cccc(-c2cccc(COCCN(CCCC)CCCCCC)c2)c1. The molecule has 0 unspecified atom stereocenters. The number of nitrogens with zero attached hydrogens (tertiary/aromatic N) is 2. The molecule has 0 saturated carbocycles. The summed E-state index contributed by atoms with van der Waals surface area (Å²) in [5, 5.41) is 0. The van der Waals surface area contributed by atoms with Crippen molar-refractivity contribution in [2.45, 2.75) is 118 Å². The lowest BCUT2D eigenvalue weighted by atomic mass is 10.0.